The number of anilines is 1. The molecule has 4 aliphatic carbocycles. The van der Waals surface area contributed by atoms with Crippen LogP contribution >= 0.6 is 15.9 Å². The number of primary amides is 1. The Morgan fingerprint density at radius 3 is 2.68 bits per heavy atom. The van der Waals surface area contributed by atoms with Gasteiger partial charge in [0.05, 0.1) is 0 Å². The highest BCUT2D eigenvalue weighted by atomic mass is 79.9. The van der Waals surface area contributed by atoms with Gasteiger partial charge in [0.15, 0.2) is 5.82 Å². The van der Waals surface area contributed by atoms with Gasteiger partial charge in [0.25, 0.3) is 0 Å². The SMILES string of the molecule is NC(=O)CCn1ccc(NC(=O)CC23CC4CC(CC(Br)(C4)C2)C3)n1. The minimum Gasteiger partial charge on any atom is -0.370 e. The number of nitrogens with two attached hydrogens (primary N) is 1. The summed E-state index contributed by atoms with van der Waals surface area (Å²) in [6.07, 6.45) is 9.99. The molecule has 2 unspecified atom stereocenters. The zero-order valence-electron chi connectivity index (χ0n) is 14.3. The number of carbonyl (C=O) groups is 2. The lowest BCUT2D eigenvalue weighted by molar-refractivity contribution is -0.123. The molecule has 25 heavy (non-hydrogen) atoms. The van der Waals surface area contributed by atoms with E-state index < -0.39 is 0 Å². The maximum Gasteiger partial charge on any atom is 0.226 e. The summed E-state index contributed by atoms with van der Waals surface area (Å²) in [6.45, 7) is 0.435. The Hall–Kier alpha value is -1.37. The Labute approximate surface area is 156 Å². The molecule has 2 amide bonds. The van der Waals surface area contributed by atoms with Crippen LogP contribution in [0.2, 0.25) is 0 Å². The van der Waals surface area contributed by atoms with Crippen LogP contribution in [0.5, 0.6) is 0 Å². The van der Waals surface area contributed by atoms with Crippen LogP contribution < -0.4 is 11.1 Å². The van der Waals surface area contributed by atoms with Crippen LogP contribution in [0.1, 0.15) is 51.4 Å². The Bertz CT molecular complexity index is 687. The van der Waals surface area contributed by atoms with Crippen molar-refractivity contribution in [2.75, 3.05) is 5.32 Å². The Morgan fingerprint density at radius 2 is 2.04 bits per heavy atom. The number of halogens is 1. The molecule has 0 aliphatic heterocycles. The van der Waals surface area contributed by atoms with Crippen LogP contribution in [-0.4, -0.2) is 25.9 Å². The van der Waals surface area contributed by atoms with Crippen molar-refractivity contribution in [2.24, 2.45) is 23.0 Å². The largest absolute Gasteiger partial charge is 0.370 e. The second kappa shape index (κ2) is 6.11. The second-order valence-electron chi connectivity index (χ2n) is 8.52. The quantitative estimate of drug-likeness (QED) is 0.708. The van der Waals surface area contributed by atoms with Crippen LogP contribution in [-0.2, 0) is 16.1 Å². The number of hydrogen-bond acceptors (Lipinski definition) is 3. The smallest absolute Gasteiger partial charge is 0.226 e. The van der Waals surface area contributed by atoms with Crippen LogP contribution in [0.25, 0.3) is 0 Å². The van der Waals surface area contributed by atoms with Gasteiger partial charge in [0, 0.05) is 36.0 Å². The van der Waals surface area contributed by atoms with Gasteiger partial charge in [-0.05, 0) is 55.8 Å². The summed E-state index contributed by atoms with van der Waals surface area (Å²) in [4.78, 5) is 23.5. The van der Waals surface area contributed by atoms with Crippen molar-refractivity contribution in [1.82, 2.24) is 9.78 Å². The molecular weight excluding hydrogens is 384 g/mol. The number of alkyl halides is 1. The van der Waals surface area contributed by atoms with Crippen LogP contribution in [0, 0.1) is 17.3 Å². The molecule has 1 aromatic rings. The standard InChI is InChI=1S/C18H25BrN4O2/c19-18-8-12-5-13(9-18)7-17(6-12,11-18)10-16(25)21-15-2-4-23(22-15)3-1-14(20)24/h2,4,12-13H,1,3,5-11H2,(H2,20,24)(H,21,22,25). The van der Waals surface area contributed by atoms with E-state index in [9.17, 15) is 9.59 Å². The van der Waals surface area contributed by atoms with E-state index in [4.69, 9.17) is 5.73 Å². The van der Waals surface area contributed by atoms with Crippen LogP contribution in [0.15, 0.2) is 12.3 Å². The summed E-state index contributed by atoms with van der Waals surface area (Å²) < 4.78 is 1.91. The molecule has 4 fully saturated rings. The first kappa shape index (κ1) is 17.1. The van der Waals surface area contributed by atoms with Gasteiger partial charge in [-0.15, -0.1) is 0 Å². The first-order valence-electron chi connectivity index (χ1n) is 9.14. The number of amides is 2. The zero-order chi connectivity index (χ0) is 17.7. The van der Waals surface area contributed by atoms with Crippen molar-refractivity contribution in [2.45, 2.75) is 62.2 Å². The van der Waals surface area contributed by atoms with E-state index in [2.05, 4.69) is 26.3 Å². The van der Waals surface area contributed by atoms with Gasteiger partial charge >= 0.3 is 0 Å². The van der Waals surface area contributed by atoms with Crippen molar-refractivity contribution in [1.29, 1.82) is 0 Å². The molecule has 4 aliphatic rings. The fourth-order valence-electron chi connectivity index (χ4n) is 5.85. The number of aryl methyl sites for hydroxylation is 1. The molecule has 3 N–H and O–H groups in total. The predicted octanol–water partition coefficient (Wildman–Crippen LogP) is 2.82. The maximum atomic E-state index is 12.6. The minimum atomic E-state index is -0.355. The summed E-state index contributed by atoms with van der Waals surface area (Å²) in [7, 11) is 0. The first-order chi connectivity index (χ1) is 11.8. The predicted molar refractivity (Wildman–Crippen MR) is 98.1 cm³/mol. The van der Waals surface area contributed by atoms with Crippen molar-refractivity contribution in [3.63, 3.8) is 0 Å². The average molecular weight is 409 g/mol. The van der Waals surface area contributed by atoms with Gasteiger partial charge < -0.3 is 11.1 Å². The molecule has 0 radical (unpaired) electrons. The summed E-state index contributed by atoms with van der Waals surface area (Å²) in [5.74, 6) is 1.81. The Kier molecular flexibility index (Phi) is 4.17. The van der Waals surface area contributed by atoms with Gasteiger partial charge in [0.2, 0.25) is 11.8 Å². The molecule has 1 heterocycles. The summed E-state index contributed by atoms with van der Waals surface area (Å²) in [5.41, 5.74) is 5.31. The second-order valence-corrected chi connectivity index (χ2v) is 10.2. The van der Waals surface area contributed by atoms with Gasteiger partial charge in [0.1, 0.15) is 0 Å². The molecule has 2 atom stereocenters. The molecule has 6 nitrogen and oxygen atoms in total. The Morgan fingerprint density at radius 1 is 1.32 bits per heavy atom. The van der Waals surface area contributed by atoms with Gasteiger partial charge in [-0.3, -0.25) is 14.3 Å². The fourth-order valence-corrected chi connectivity index (χ4v) is 7.36. The first-order valence-corrected chi connectivity index (χ1v) is 9.93. The normalized spacial score (nSPS) is 35.7. The molecule has 4 saturated carbocycles. The lowest BCUT2D eigenvalue weighted by Crippen LogP contribution is -2.53. The summed E-state index contributed by atoms with van der Waals surface area (Å²) in [6, 6.07) is 1.77. The molecule has 4 bridgehead atoms. The minimum absolute atomic E-state index is 0.0539. The molecule has 1 aromatic heterocycles. The van der Waals surface area contributed by atoms with Crippen molar-refractivity contribution in [3.8, 4) is 0 Å². The van der Waals surface area contributed by atoms with Crippen molar-refractivity contribution >= 4 is 33.6 Å². The summed E-state index contributed by atoms with van der Waals surface area (Å²) in [5, 5.41) is 7.23. The monoisotopic (exact) mass is 408 g/mol. The molecule has 7 heteroatoms. The number of rotatable bonds is 6. The lowest BCUT2D eigenvalue weighted by atomic mass is 9.48. The highest BCUT2D eigenvalue weighted by molar-refractivity contribution is 9.10. The van der Waals surface area contributed by atoms with E-state index in [1.54, 1.807) is 16.9 Å². The van der Waals surface area contributed by atoms with E-state index in [0.29, 0.717) is 18.8 Å². The number of nitrogens with zero attached hydrogens (tertiary/aromatic N) is 2. The van der Waals surface area contributed by atoms with E-state index >= 15 is 0 Å². The highest BCUT2D eigenvalue weighted by Gasteiger charge is 2.57. The summed E-state index contributed by atoms with van der Waals surface area (Å²) >= 11 is 4.00. The number of carbonyl (C=O) groups excluding carboxylic acids is 2. The Balaban J connectivity index is 1.37. The number of aromatic nitrogens is 2. The van der Waals surface area contributed by atoms with Crippen LogP contribution in [0.4, 0.5) is 5.82 Å². The van der Waals surface area contributed by atoms with E-state index in [-0.39, 0.29) is 28.0 Å². The van der Waals surface area contributed by atoms with Crippen LogP contribution in [0.3, 0.4) is 0 Å². The number of nitrogens with one attached hydrogen (secondary N) is 1. The molecule has 136 valence electrons. The third-order valence-corrected chi connectivity index (χ3v) is 7.07. The van der Waals surface area contributed by atoms with E-state index in [0.717, 1.165) is 18.3 Å². The van der Waals surface area contributed by atoms with Gasteiger partial charge in [-0.25, -0.2) is 0 Å². The molecule has 0 spiro atoms. The number of hydrogen-bond donors (Lipinski definition) is 2. The zero-order valence-corrected chi connectivity index (χ0v) is 15.9. The highest BCUT2D eigenvalue weighted by Crippen LogP contribution is 2.65. The maximum absolute atomic E-state index is 12.6. The van der Waals surface area contributed by atoms with E-state index in [1.165, 1.54) is 32.1 Å². The molecule has 0 aromatic carbocycles. The lowest BCUT2D eigenvalue weighted by Gasteiger charge is -2.60. The third-order valence-electron chi connectivity index (χ3n) is 6.14. The molecule has 5 rings (SSSR count). The van der Waals surface area contributed by atoms with Gasteiger partial charge in [-0.1, -0.05) is 15.9 Å². The van der Waals surface area contributed by atoms with Gasteiger partial charge in [-0.2, -0.15) is 5.10 Å². The molecule has 0 saturated heterocycles. The van der Waals surface area contributed by atoms with E-state index in [1.807, 2.05) is 0 Å². The topological polar surface area (TPSA) is 90.0 Å². The molecular formula is C18H25BrN4O2. The van der Waals surface area contributed by atoms with Crippen molar-refractivity contribution < 1.29 is 9.59 Å². The fraction of sp³-hybridized carbons (Fsp3) is 0.722. The van der Waals surface area contributed by atoms with Crippen molar-refractivity contribution in [3.05, 3.63) is 12.3 Å². The third kappa shape index (κ3) is 3.61. The average Bonchev–Trinajstić information content (AvgIpc) is 2.89.